The molecule has 6 nitrogen and oxygen atoms in total. The Hall–Kier alpha value is -2.24. The quantitative estimate of drug-likeness (QED) is 0.677. The number of carbonyl (C=O) groups excluding carboxylic acids is 2. The molecule has 1 saturated heterocycles. The Labute approximate surface area is 110 Å². The minimum atomic E-state index is -1.27. The highest BCUT2D eigenvalue weighted by Gasteiger charge is 2.27. The zero-order valence-corrected chi connectivity index (χ0v) is 10.3. The van der Waals surface area contributed by atoms with Gasteiger partial charge < -0.3 is 29.6 Å². The van der Waals surface area contributed by atoms with E-state index in [0.717, 1.165) is 10.5 Å². The zero-order valence-electron chi connectivity index (χ0n) is 10.3. The normalized spacial score (nSPS) is 19.3. The third kappa shape index (κ3) is 3.15. The number of hydrogen-bond acceptors (Lipinski definition) is 4. The second kappa shape index (κ2) is 5.60. The third-order valence-corrected chi connectivity index (χ3v) is 3.29. The first-order valence-electron chi connectivity index (χ1n) is 6.05. The van der Waals surface area contributed by atoms with Crippen LogP contribution in [-0.4, -0.2) is 47.7 Å². The summed E-state index contributed by atoms with van der Waals surface area (Å²) < 4.78 is 0. The fourth-order valence-corrected chi connectivity index (χ4v) is 2.32. The average Bonchev–Trinajstić information content (AvgIpc) is 2.39. The van der Waals surface area contributed by atoms with Gasteiger partial charge in [-0.3, -0.25) is 0 Å². The SMILES string of the molecule is O=C([O-])N1CCN(C(=O)[O-])C(Cc2ccccc2)C1. The molecule has 102 valence electrons. The van der Waals surface area contributed by atoms with Gasteiger partial charge in [0.1, 0.15) is 12.2 Å². The minimum Gasteiger partial charge on any atom is -0.530 e. The molecule has 1 unspecified atom stereocenters. The van der Waals surface area contributed by atoms with Gasteiger partial charge in [0, 0.05) is 19.6 Å². The van der Waals surface area contributed by atoms with Crippen molar-refractivity contribution in [3.63, 3.8) is 0 Å². The van der Waals surface area contributed by atoms with Gasteiger partial charge in [-0.2, -0.15) is 0 Å². The van der Waals surface area contributed by atoms with E-state index in [0.29, 0.717) is 6.42 Å². The van der Waals surface area contributed by atoms with Crippen molar-refractivity contribution in [2.75, 3.05) is 19.6 Å². The second-order valence-corrected chi connectivity index (χ2v) is 4.51. The number of nitrogens with zero attached hydrogens (tertiary/aromatic N) is 2. The van der Waals surface area contributed by atoms with E-state index in [1.807, 2.05) is 30.3 Å². The van der Waals surface area contributed by atoms with Gasteiger partial charge in [0.05, 0.1) is 6.04 Å². The molecule has 1 heterocycles. The van der Waals surface area contributed by atoms with Crippen molar-refractivity contribution >= 4 is 12.2 Å². The molecule has 6 heteroatoms. The molecule has 19 heavy (non-hydrogen) atoms. The van der Waals surface area contributed by atoms with E-state index in [1.54, 1.807) is 0 Å². The maximum Gasteiger partial charge on any atom is 0.137 e. The molecular weight excluding hydrogens is 248 g/mol. The van der Waals surface area contributed by atoms with Crippen LogP contribution >= 0.6 is 0 Å². The predicted octanol–water partition coefficient (Wildman–Crippen LogP) is -1.10. The Morgan fingerprint density at radius 1 is 1.11 bits per heavy atom. The van der Waals surface area contributed by atoms with Crippen LogP contribution in [0.1, 0.15) is 5.56 Å². The minimum absolute atomic E-state index is 0.116. The van der Waals surface area contributed by atoms with Crippen molar-refractivity contribution in [3.05, 3.63) is 35.9 Å². The van der Waals surface area contributed by atoms with E-state index in [9.17, 15) is 19.8 Å². The second-order valence-electron chi connectivity index (χ2n) is 4.51. The lowest BCUT2D eigenvalue weighted by Gasteiger charge is -2.44. The molecule has 1 aromatic carbocycles. The topological polar surface area (TPSA) is 86.7 Å². The van der Waals surface area contributed by atoms with E-state index in [4.69, 9.17) is 0 Å². The summed E-state index contributed by atoms with van der Waals surface area (Å²) in [7, 11) is 0. The number of piperazine rings is 1. The summed E-state index contributed by atoms with van der Waals surface area (Å²) in [6, 6.07) is 8.92. The Kier molecular flexibility index (Phi) is 3.89. The highest BCUT2D eigenvalue weighted by molar-refractivity contribution is 5.66. The molecule has 0 radical (unpaired) electrons. The van der Waals surface area contributed by atoms with Gasteiger partial charge in [-0.25, -0.2) is 0 Å². The first kappa shape index (κ1) is 13.2. The monoisotopic (exact) mass is 262 g/mol. The molecular formula is C13H14N2O4-2. The molecule has 0 aromatic heterocycles. The van der Waals surface area contributed by atoms with E-state index < -0.39 is 18.2 Å². The van der Waals surface area contributed by atoms with E-state index >= 15 is 0 Å². The van der Waals surface area contributed by atoms with E-state index in [-0.39, 0.29) is 19.6 Å². The summed E-state index contributed by atoms with van der Waals surface area (Å²) in [5.41, 5.74) is 0.957. The number of hydrogen-bond donors (Lipinski definition) is 0. The van der Waals surface area contributed by atoms with Gasteiger partial charge in [-0.15, -0.1) is 0 Å². The molecule has 1 aliphatic rings. The highest BCUT2D eigenvalue weighted by atomic mass is 16.4. The fraction of sp³-hybridized carbons (Fsp3) is 0.385. The molecule has 2 amide bonds. The van der Waals surface area contributed by atoms with Crippen LogP contribution in [0.15, 0.2) is 30.3 Å². The van der Waals surface area contributed by atoms with Crippen molar-refractivity contribution in [2.45, 2.75) is 12.5 Å². The van der Waals surface area contributed by atoms with Crippen LogP contribution in [0.4, 0.5) is 9.59 Å². The number of amides is 2. The zero-order chi connectivity index (χ0) is 13.8. The van der Waals surface area contributed by atoms with E-state index in [1.165, 1.54) is 4.90 Å². The highest BCUT2D eigenvalue weighted by Crippen LogP contribution is 2.14. The standard InChI is InChI=1S/C13H16N2O4/c16-12(17)14-6-7-15(13(18)19)11(9-14)8-10-4-2-1-3-5-10/h1-5,11H,6-9H2,(H,16,17)(H,18,19)/p-2. The molecule has 0 aliphatic carbocycles. The summed E-state index contributed by atoms with van der Waals surface area (Å²) in [6.45, 7) is 0.362. The lowest BCUT2D eigenvalue weighted by Crippen LogP contribution is -2.61. The summed E-state index contributed by atoms with van der Waals surface area (Å²) in [5.74, 6) is 0. The number of carboxylic acid groups (broad SMARTS) is 2. The molecule has 0 spiro atoms. The molecule has 0 saturated carbocycles. The number of carbonyl (C=O) groups is 2. The van der Waals surface area contributed by atoms with Gasteiger partial charge >= 0.3 is 0 Å². The molecule has 0 N–H and O–H groups in total. The Balaban J connectivity index is 2.11. The Morgan fingerprint density at radius 3 is 2.37 bits per heavy atom. The Bertz CT molecular complexity index is 463. The number of rotatable bonds is 2. The van der Waals surface area contributed by atoms with E-state index in [2.05, 4.69) is 0 Å². The van der Waals surface area contributed by atoms with Crippen LogP contribution in [0.2, 0.25) is 0 Å². The van der Waals surface area contributed by atoms with Crippen molar-refractivity contribution in [1.82, 2.24) is 9.80 Å². The largest absolute Gasteiger partial charge is 0.530 e. The molecule has 0 bridgehead atoms. The maximum atomic E-state index is 11.1. The lowest BCUT2D eigenvalue weighted by atomic mass is 10.0. The van der Waals surface area contributed by atoms with Crippen LogP contribution in [0.3, 0.4) is 0 Å². The van der Waals surface area contributed by atoms with Crippen LogP contribution in [0.5, 0.6) is 0 Å². The summed E-state index contributed by atoms with van der Waals surface area (Å²) in [4.78, 5) is 24.2. The van der Waals surface area contributed by atoms with Gasteiger partial charge in [0.25, 0.3) is 0 Å². The number of benzene rings is 1. The van der Waals surface area contributed by atoms with Gasteiger partial charge in [-0.1, -0.05) is 30.3 Å². The van der Waals surface area contributed by atoms with Crippen molar-refractivity contribution in [1.29, 1.82) is 0 Å². The summed E-state index contributed by atoms with van der Waals surface area (Å²) in [5, 5.41) is 21.9. The Morgan fingerprint density at radius 2 is 1.79 bits per heavy atom. The first-order chi connectivity index (χ1) is 9.08. The smallest absolute Gasteiger partial charge is 0.137 e. The maximum absolute atomic E-state index is 11.1. The van der Waals surface area contributed by atoms with Crippen LogP contribution in [0.25, 0.3) is 0 Å². The molecule has 1 aromatic rings. The van der Waals surface area contributed by atoms with Crippen LogP contribution in [-0.2, 0) is 6.42 Å². The molecule has 2 rings (SSSR count). The summed E-state index contributed by atoms with van der Waals surface area (Å²) in [6.07, 6.45) is -2.08. The average molecular weight is 262 g/mol. The third-order valence-electron chi connectivity index (χ3n) is 3.29. The van der Waals surface area contributed by atoms with Gasteiger partial charge in [0.15, 0.2) is 0 Å². The predicted molar refractivity (Wildman–Crippen MR) is 63.0 cm³/mol. The summed E-state index contributed by atoms with van der Waals surface area (Å²) >= 11 is 0. The first-order valence-corrected chi connectivity index (χ1v) is 6.05. The van der Waals surface area contributed by atoms with Crippen molar-refractivity contribution in [3.8, 4) is 0 Å². The molecule has 1 atom stereocenters. The molecule has 1 aliphatic heterocycles. The van der Waals surface area contributed by atoms with Crippen LogP contribution in [0, 0.1) is 0 Å². The van der Waals surface area contributed by atoms with Crippen LogP contribution < -0.4 is 10.2 Å². The van der Waals surface area contributed by atoms with Gasteiger partial charge in [0.2, 0.25) is 0 Å². The fourth-order valence-electron chi connectivity index (χ4n) is 2.32. The lowest BCUT2D eigenvalue weighted by molar-refractivity contribution is -0.278. The molecule has 1 fully saturated rings. The van der Waals surface area contributed by atoms with Gasteiger partial charge in [-0.05, 0) is 12.0 Å². The van der Waals surface area contributed by atoms with Crippen molar-refractivity contribution < 1.29 is 19.8 Å². The van der Waals surface area contributed by atoms with Crippen molar-refractivity contribution in [2.24, 2.45) is 0 Å².